The van der Waals surface area contributed by atoms with E-state index in [1.54, 1.807) is 7.11 Å². The third-order valence-corrected chi connectivity index (χ3v) is 4.90. The van der Waals surface area contributed by atoms with Gasteiger partial charge in [0.25, 0.3) is 5.56 Å². The van der Waals surface area contributed by atoms with Crippen LogP contribution in [-0.2, 0) is 4.79 Å². The highest BCUT2D eigenvalue weighted by atomic mass is 79.9. The Balaban J connectivity index is 2.14. The van der Waals surface area contributed by atoms with Crippen molar-refractivity contribution < 1.29 is 9.53 Å². The number of aromatic nitrogens is 2. The molecule has 8 heteroatoms. The first kappa shape index (κ1) is 16.1. The Bertz CT molecular complexity index is 837. The van der Waals surface area contributed by atoms with Crippen LogP contribution in [-0.4, -0.2) is 29.2 Å². The van der Waals surface area contributed by atoms with Crippen LogP contribution in [0.25, 0.3) is 0 Å². The zero-order valence-corrected chi connectivity index (χ0v) is 14.9. The molecule has 23 heavy (non-hydrogen) atoms. The number of fused-ring (bicyclic) bond motifs is 1. The molecule has 1 aliphatic heterocycles. The van der Waals surface area contributed by atoms with Crippen LogP contribution < -0.4 is 15.6 Å². The first-order valence-electron chi connectivity index (χ1n) is 6.85. The lowest BCUT2D eigenvalue weighted by Gasteiger charge is -2.24. The molecular formula is C15H14BrN3O3S. The van der Waals surface area contributed by atoms with Gasteiger partial charge < -0.3 is 15.0 Å². The Hall–Kier alpha value is -1.80. The van der Waals surface area contributed by atoms with Crippen molar-refractivity contribution >= 4 is 39.4 Å². The van der Waals surface area contributed by atoms with Gasteiger partial charge in [0.15, 0.2) is 5.16 Å². The van der Waals surface area contributed by atoms with Gasteiger partial charge in [-0.3, -0.25) is 9.59 Å². The summed E-state index contributed by atoms with van der Waals surface area (Å²) in [5.74, 6) is 0.540. The Labute approximate surface area is 145 Å². The van der Waals surface area contributed by atoms with E-state index in [1.165, 1.54) is 11.8 Å². The maximum absolute atomic E-state index is 12.4. The quantitative estimate of drug-likeness (QED) is 0.616. The molecule has 0 bridgehead atoms. The molecule has 1 aromatic heterocycles. The van der Waals surface area contributed by atoms with Gasteiger partial charge in [0.05, 0.1) is 17.1 Å². The number of halogens is 1. The van der Waals surface area contributed by atoms with Crippen molar-refractivity contribution in [3.8, 4) is 5.75 Å². The van der Waals surface area contributed by atoms with E-state index in [1.807, 2.05) is 24.5 Å². The molecule has 0 aliphatic carbocycles. The van der Waals surface area contributed by atoms with Gasteiger partial charge in [-0.2, -0.15) is 0 Å². The van der Waals surface area contributed by atoms with E-state index in [0.717, 1.165) is 10.0 Å². The first-order valence-corrected chi connectivity index (χ1v) is 8.86. The highest BCUT2D eigenvalue weighted by molar-refractivity contribution is 9.10. The lowest BCUT2D eigenvalue weighted by atomic mass is 9.87. The van der Waals surface area contributed by atoms with Crippen LogP contribution in [0.4, 0.5) is 5.82 Å². The number of benzene rings is 1. The number of carbonyl (C=O) groups is 1. The normalized spacial score (nSPS) is 16.7. The minimum atomic E-state index is -0.340. The number of amides is 1. The van der Waals surface area contributed by atoms with E-state index in [0.29, 0.717) is 22.3 Å². The molecule has 0 fully saturated rings. The van der Waals surface area contributed by atoms with Gasteiger partial charge >= 0.3 is 0 Å². The monoisotopic (exact) mass is 395 g/mol. The van der Waals surface area contributed by atoms with Gasteiger partial charge in [-0.1, -0.05) is 17.8 Å². The first-order chi connectivity index (χ1) is 11.0. The largest absolute Gasteiger partial charge is 0.496 e. The van der Waals surface area contributed by atoms with Gasteiger partial charge in [-0.05, 0) is 39.9 Å². The van der Waals surface area contributed by atoms with Crippen LogP contribution in [0.5, 0.6) is 5.75 Å². The molecule has 1 atom stereocenters. The van der Waals surface area contributed by atoms with Crippen LogP contribution in [0.1, 0.15) is 23.5 Å². The fraction of sp³-hybridized carbons (Fsp3) is 0.267. The molecule has 0 radical (unpaired) electrons. The number of hydrogen-bond acceptors (Lipinski definition) is 5. The summed E-state index contributed by atoms with van der Waals surface area (Å²) in [6.07, 6.45) is 2.02. The summed E-state index contributed by atoms with van der Waals surface area (Å²) in [5, 5.41) is 3.17. The van der Waals surface area contributed by atoms with Gasteiger partial charge in [0.2, 0.25) is 5.91 Å². The molecule has 6 nitrogen and oxygen atoms in total. The van der Waals surface area contributed by atoms with E-state index >= 15 is 0 Å². The summed E-state index contributed by atoms with van der Waals surface area (Å²) < 4.78 is 6.00. The van der Waals surface area contributed by atoms with Gasteiger partial charge in [0.1, 0.15) is 11.6 Å². The third-order valence-electron chi connectivity index (χ3n) is 3.70. The lowest BCUT2D eigenvalue weighted by Crippen LogP contribution is -2.31. The average Bonchev–Trinajstić information content (AvgIpc) is 2.53. The molecule has 2 N–H and O–H groups in total. The predicted molar refractivity (Wildman–Crippen MR) is 92.4 cm³/mol. The van der Waals surface area contributed by atoms with E-state index in [-0.39, 0.29) is 23.8 Å². The topological polar surface area (TPSA) is 84.1 Å². The van der Waals surface area contributed by atoms with Crippen molar-refractivity contribution in [1.82, 2.24) is 9.97 Å². The van der Waals surface area contributed by atoms with Crippen molar-refractivity contribution in [3.63, 3.8) is 0 Å². The number of ether oxygens (including phenoxy) is 1. The van der Waals surface area contributed by atoms with Gasteiger partial charge in [-0.15, -0.1) is 0 Å². The Morgan fingerprint density at radius 3 is 2.83 bits per heavy atom. The summed E-state index contributed by atoms with van der Waals surface area (Å²) in [7, 11) is 1.59. The number of nitrogens with zero attached hydrogens (tertiary/aromatic N) is 1. The van der Waals surface area contributed by atoms with Crippen LogP contribution in [0, 0.1) is 0 Å². The molecule has 120 valence electrons. The molecule has 1 unspecified atom stereocenters. The van der Waals surface area contributed by atoms with Crippen LogP contribution in [0.15, 0.2) is 32.6 Å². The Morgan fingerprint density at radius 2 is 2.17 bits per heavy atom. The van der Waals surface area contributed by atoms with Crippen LogP contribution in [0.3, 0.4) is 0 Å². The molecule has 0 saturated carbocycles. The standard InChI is InChI=1S/C15H14BrN3O3S/c1-22-10-4-3-7(5-9(10)16)8-6-11(20)17-13-12(8)14(21)19-15(18-13)23-2/h3-5,8H,6H2,1-2H3,(H2,17,18,19,20,21). The van der Waals surface area contributed by atoms with Crippen molar-refractivity contribution in [2.45, 2.75) is 17.5 Å². The van der Waals surface area contributed by atoms with E-state index < -0.39 is 0 Å². The number of hydrogen-bond donors (Lipinski definition) is 2. The predicted octanol–water partition coefficient (Wildman–Crippen LogP) is 2.74. The van der Waals surface area contributed by atoms with Crippen LogP contribution >= 0.6 is 27.7 Å². The third kappa shape index (κ3) is 3.00. The summed E-state index contributed by atoms with van der Waals surface area (Å²) in [5.41, 5.74) is 1.12. The van der Waals surface area contributed by atoms with E-state index in [4.69, 9.17) is 4.74 Å². The maximum atomic E-state index is 12.4. The molecule has 3 rings (SSSR count). The van der Waals surface area contributed by atoms with Crippen molar-refractivity contribution in [1.29, 1.82) is 0 Å². The SMILES string of the molecule is COc1ccc(C2CC(=O)Nc3nc(SC)[nH]c(=O)c32)cc1Br. The van der Waals surface area contributed by atoms with Gasteiger partial charge in [0, 0.05) is 12.3 Å². The summed E-state index contributed by atoms with van der Waals surface area (Å²) in [6, 6.07) is 5.54. The highest BCUT2D eigenvalue weighted by Gasteiger charge is 2.31. The number of methoxy groups -OCH3 is 1. The minimum absolute atomic E-state index is 0.153. The zero-order chi connectivity index (χ0) is 16.6. The van der Waals surface area contributed by atoms with E-state index in [9.17, 15) is 9.59 Å². The number of H-pyrrole nitrogens is 1. The van der Waals surface area contributed by atoms with Crippen LogP contribution in [0.2, 0.25) is 0 Å². The summed E-state index contributed by atoms with van der Waals surface area (Å²) in [6.45, 7) is 0. The number of thioether (sulfide) groups is 1. The molecule has 0 spiro atoms. The number of nitrogens with one attached hydrogen (secondary N) is 2. The Kier molecular flexibility index (Phi) is 4.45. The molecule has 1 aliphatic rings. The summed E-state index contributed by atoms with van der Waals surface area (Å²) in [4.78, 5) is 31.5. The fourth-order valence-electron chi connectivity index (χ4n) is 2.63. The maximum Gasteiger partial charge on any atom is 0.257 e. The molecular weight excluding hydrogens is 382 g/mol. The average molecular weight is 396 g/mol. The van der Waals surface area contributed by atoms with Crippen molar-refractivity contribution in [3.05, 3.63) is 44.2 Å². The smallest absolute Gasteiger partial charge is 0.257 e. The summed E-state index contributed by atoms with van der Waals surface area (Å²) >= 11 is 4.76. The number of rotatable bonds is 3. The molecule has 1 amide bonds. The second-order valence-corrected chi connectivity index (χ2v) is 6.69. The van der Waals surface area contributed by atoms with Crippen molar-refractivity contribution in [2.24, 2.45) is 0 Å². The van der Waals surface area contributed by atoms with Gasteiger partial charge in [-0.25, -0.2) is 4.98 Å². The second kappa shape index (κ2) is 6.37. The molecule has 2 heterocycles. The minimum Gasteiger partial charge on any atom is -0.496 e. The fourth-order valence-corrected chi connectivity index (χ4v) is 3.57. The number of aromatic amines is 1. The Morgan fingerprint density at radius 1 is 1.39 bits per heavy atom. The van der Waals surface area contributed by atoms with Crippen molar-refractivity contribution in [2.75, 3.05) is 18.7 Å². The zero-order valence-electron chi connectivity index (χ0n) is 12.5. The highest BCUT2D eigenvalue weighted by Crippen LogP contribution is 2.37. The molecule has 0 saturated heterocycles. The number of carbonyl (C=O) groups excluding carboxylic acids is 1. The lowest BCUT2D eigenvalue weighted by molar-refractivity contribution is -0.116. The number of anilines is 1. The second-order valence-electron chi connectivity index (χ2n) is 5.04. The molecule has 2 aromatic rings. The molecule has 1 aromatic carbocycles. The van der Waals surface area contributed by atoms with E-state index in [2.05, 4.69) is 31.2 Å².